The van der Waals surface area contributed by atoms with E-state index in [-0.39, 0.29) is 36.1 Å². The Morgan fingerprint density at radius 1 is 0.969 bits per heavy atom. The van der Waals surface area contributed by atoms with Crippen LogP contribution in [0.1, 0.15) is 49.0 Å². The number of carbonyl (C=O) groups is 2. The van der Waals surface area contributed by atoms with Crippen molar-refractivity contribution in [3.05, 3.63) is 46.2 Å². The second-order valence-electron chi connectivity index (χ2n) is 8.28. The summed E-state index contributed by atoms with van der Waals surface area (Å²) in [6, 6.07) is 8.68. The van der Waals surface area contributed by atoms with E-state index in [1.807, 2.05) is 22.4 Å². The predicted octanol–water partition coefficient (Wildman–Crippen LogP) is 3.30. The minimum Gasteiger partial charge on any atom is -0.343 e. The molecule has 3 heterocycles. The lowest BCUT2D eigenvalue weighted by Gasteiger charge is -2.21. The van der Waals surface area contributed by atoms with Crippen LogP contribution in [0.15, 0.2) is 40.6 Å². The van der Waals surface area contributed by atoms with Crippen molar-refractivity contribution in [3.8, 4) is 0 Å². The average molecular weight is 476 g/mol. The van der Waals surface area contributed by atoms with Gasteiger partial charge in [0.15, 0.2) is 0 Å². The lowest BCUT2D eigenvalue weighted by molar-refractivity contribution is -0.133. The number of amides is 2. The predicted molar refractivity (Wildman–Crippen MR) is 125 cm³/mol. The van der Waals surface area contributed by atoms with Gasteiger partial charge in [-0.05, 0) is 54.5 Å². The van der Waals surface area contributed by atoms with Crippen molar-refractivity contribution in [1.82, 2.24) is 9.62 Å². The van der Waals surface area contributed by atoms with Crippen LogP contribution in [0.2, 0.25) is 0 Å². The van der Waals surface area contributed by atoms with Crippen LogP contribution < -0.4 is 9.62 Å². The Hall–Kier alpha value is -2.23. The zero-order valence-electron chi connectivity index (χ0n) is 18.1. The smallest absolute Gasteiger partial charge is 0.240 e. The quantitative estimate of drug-likeness (QED) is 0.666. The molecule has 0 aliphatic carbocycles. The summed E-state index contributed by atoms with van der Waals surface area (Å²) >= 11 is 1.50. The molecule has 0 unspecified atom stereocenters. The first kappa shape index (κ1) is 22.9. The molecule has 9 heteroatoms. The third-order valence-corrected chi connectivity index (χ3v) is 8.36. The molecule has 4 rings (SSSR count). The first-order valence-corrected chi connectivity index (χ1v) is 13.5. The van der Waals surface area contributed by atoms with Crippen LogP contribution in [-0.2, 0) is 32.6 Å². The Balaban J connectivity index is 1.36. The lowest BCUT2D eigenvalue weighted by Crippen LogP contribution is -2.34. The maximum atomic E-state index is 12.8. The van der Waals surface area contributed by atoms with Crippen LogP contribution >= 0.6 is 11.3 Å². The van der Waals surface area contributed by atoms with E-state index in [1.165, 1.54) is 11.3 Å². The number of benzene rings is 1. The highest BCUT2D eigenvalue weighted by atomic mass is 32.2. The molecular formula is C23H29N3O4S2. The van der Waals surface area contributed by atoms with Crippen LogP contribution in [-0.4, -0.2) is 44.8 Å². The summed E-state index contributed by atoms with van der Waals surface area (Å²) in [5.74, 6) is -0.0312. The zero-order chi connectivity index (χ0) is 22.6. The molecule has 172 valence electrons. The van der Waals surface area contributed by atoms with Crippen molar-refractivity contribution in [2.75, 3.05) is 24.5 Å². The number of carbonyl (C=O) groups excluding carboxylic acids is 2. The lowest BCUT2D eigenvalue weighted by atomic mass is 10.2. The van der Waals surface area contributed by atoms with E-state index >= 15 is 0 Å². The molecule has 2 aromatic rings. The van der Waals surface area contributed by atoms with E-state index in [2.05, 4.69) is 4.72 Å². The summed E-state index contributed by atoms with van der Waals surface area (Å²) in [7, 11) is -3.63. The van der Waals surface area contributed by atoms with Crippen molar-refractivity contribution in [3.63, 3.8) is 0 Å². The Morgan fingerprint density at radius 2 is 1.72 bits per heavy atom. The molecule has 2 aliphatic heterocycles. The number of sulfonamides is 1. The molecule has 1 fully saturated rings. The maximum Gasteiger partial charge on any atom is 0.240 e. The van der Waals surface area contributed by atoms with Crippen molar-refractivity contribution in [1.29, 1.82) is 0 Å². The number of likely N-dealkylation sites (tertiary alicyclic amines) is 1. The van der Waals surface area contributed by atoms with Gasteiger partial charge >= 0.3 is 0 Å². The molecule has 7 nitrogen and oxygen atoms in total. The second-order valence-corrected chi connectivity index (χ2v) is 11.1. The molecule has 2 amide bonds. The van der Waals surface area contributed by atoms with Crippen LogP contribution in [0.5, 0.6) is 0 Å². The van der Waals surface area contributed by atoms with Crippen LogP contribution in [0.25, 0.3) is 0 Å². The largest absolute Gasteiger partial charge is 0.343 e. The molecule has 0 spiro atoms. The van der Waals surface area contributed by atoms with Gasteiger partial charge in [-0.15, -0.1) is 11.3 Å². The van der Waals surface area contributed by atoms with Gasteiger partial charge in [0.05, 0.1) is 4.90 Å². The van der Waals surface area contributed by atoms with Gasteiger partial charge in [0.25, 0.3) is 0 Å². The topological polar surface area (TPSA) is 86.8 Å². The summed E-state index contributed by atoms with van der Waals surface area (Å²) in [5, 5.41) is 1.91. The van der Waals surface area contributed by atoms with Crippen molar-refractivity contribution < 1.29 is 18.0 Å². The second kappa shape index (κ2) is 10.1. The molecule has 1 N–H and O–H groups in total. The van der Waals surface area contributed by atoms with Gasteiger partial charge in [-0.2, -0.15) is 0 Å². The highest BCUT2D eigenvalue weighted by molar-refractivity contribution is 7.89. The van der Waals surface area contributed by atoms with Gasteiger partial charge in [-0.25, -0.2) is 13.1 Å². The first-order valence-electron chi connectivity index (χ1n) is 11.2. The molecule has 32 heavy (non-hydrogen) atoms. The van der Waals surface area contributed by atoms with Gasteiger partial charge in [0.1, 0.15) is 0 Å². The third kappa shape index (κ3) is 5.39. The Labute approximate surface area is 193 Å². The number of rotatable bonds is 7. The SMILES string of the molecule is O=C(CCC(=O)N1CCc2cc(S(=O)(=O)NCc3cccs3)ccc21)N1CCCCCC1. The van der Waals surface area contributed by atoms with Crippen LogP contribution in [0.4, 0.5) is 5.69 Å². The summed E-state index contributed by atoms with van der Waals surface area (Å²) in [5.41, 5.74) is 1.59. The fraction of sp³-hybridized carbons (Fsp3) is 0.478. The summed E-state index contributed by atoms with van der Waals surface area (Å²) in [6.07, 6.45) is 5.40. The zero-order valence-corrected chi connectivity index (χ0v) is 19.7. The van der Waals surface area contributed by atoms with Gasteiger partial charge in [-0.3, -0.25) is 9.59 Å². The van der Waals surface area contributed by atoms with Crippen molar-refractivity contribution in [2.24, 2.45) is 0 Å². The number of anilines is 1. The van der Waals surface area contributed by atoms with E-state index in [0.717, 1.165) is 54.9 Å². The highest BCUT2D eigenvalue weighted by Crippen LogP contribution is 2.31. The number of hydrogen-bond acceptors (Lipinski definition) is 5. The maximum absolute atomic E-state index is 12.8. The Bertz CT molecular complexity index is 1060. The molecule has 1 saturated heterocycles. The monoisotopic (exact) mass is 475 g/mol. The van der Waals surface area contributed by atoms with Gasteiger partial charge in [0.2, 0.25) is 21.8 Å². The first-order chi connectivity index (χ1) is 15.4. The summed E-state index contributed by atoms with van der Waals surface area (Å²) in [6.45, 7) is 2.35. The van der Waals surface area contributed by atoms with Crippen LogP contribution in [0, 0.1) is 0 Å². The molecule has 0 bridgehead atoms. The van der Waals surface area contributed by atoms with E-state index in [4.69, 9.17) is 0 Å². The van der Waals surface area contributed by atoms with E-state index in [1.54, 1.807) is 23.1 Å². The molecule has 2 aliphatic rings. The minimum absolute atomic E-state index is 0.0536. The molecule has 1 aromatic heterocycles. The number of nitrogens with zero attached hydrogens (tertiary/aromatic N) is 2. The van der Waals surface area contributed by atoms with Crippen molar-refractivity contribution >= 4 is 38.9 Å². The normalized spacial score (nSPS) is 16.6. The van der Waals surface area contributed by atoms with Crippen molar-refractivity contribution in [2.45, 2.75) is 56.4 Å². The minimum atomic E-state index is -3.63. The number of hydrogen-bond donors (Lipinski definition) is 1. The van der Waals surface area contributed by atoms with Crippen LogP contribution in [0.3, 0.4) is 0 Å². The fourth-order valence-electron chi connectivity index (χ4n) is 4.29. The fourth-order valence-corrected chi connectivity index (χ4v) is 6.09. The molecule has 0 radical (unpaired) electrons. The summed E-state index contributed by atoms with van der Waals surface area (Å²) in [4.78, 5) is 30.0. The molecular weight excluding hydrogens is 446 g/mol. The number of thiophene rings is 1. The highest BCUT2D eigenvalue weighted by Gasteiger charge is 2.27. The Kier molecular flexibility index (Phi) is 7.27. The van der Waals surface area contributed by atoms with Gasteiger partial charge in [0, 0.05) is 49.6 Å². The number of fused-ring (bicyclic) bond motifs is 1. The van der Waals surface area contributed by atoms with Gasteiger partial charge in [-0.1, -0.05) is 18.9 Å². The van der Waals surface area contributed by atoms with E-state index in [9.17, 15) is 18.0 Å². The molecule has 0 atom stereocenters. The Morgan fingerprint density at radius 3 is 2.44 bits per heavy atom. The summed E-state index contributed by atoms with van der Waals surface area (Å²) < 4.78 is 28.0. The molecule has 1 aromatic carbocycles. The average Bonchev–Trinajstić information content (AvgIpc) is 3.38. The van der Waals surface area contributed by atoms with E-state index < -0.39 is 10.0 Å². The van der Waals surface area contributed by atoms with Gasteiger partial charge < -0.3 is 9.80 Å². The standard InChI is InChI=1S/C23H29N3O4S2/c27-22(25-12-3-1-2-4-13-25)9-10-23(28)26-14-11-18-16-20(7-8-21(18)26)32(29,30)24-17-19-6-5-15-31-19/h5-8,15-16,24H,1-4,9-14,17H2. The third-order valence-electron chi connectivity index (χ3n) is 6.09. The number of nitrogens with one attached hydrogen (secondary N) is 1. The molecule has 0 saturated carbocycles. The van der Waals surface area contributed by atoms with E-state index in [0.29, 0.717) is 13.0 Å².